The molecule has 1 saturated heterocycles. The average Bonchev–Trinajstić information content (AvgIpc) is 2.48. The van der Waals surface area contributed by atoms with Crippen molar-refractivity contribution in [3.05, 3.63) is 59.1 Å². The van der Waals surface area contributed by atoms with Gasteiger partial charge in [0.25, 0.3) is 0 Å². The van der Waals surface area contributed by atoms with Crippen molar-refractivity contribution >= 4 is 24.0 Å². The number of hydrogen-bond donors (Lipinski definition) is 1. The van der Waals surface area contributed by atoms with E-state index in [1.165, 1.54) is 11.1 Å². The number of nitrogens with one attached hydrogen (secondary N) is 1. The molecule has 2 aromatic rings. The number of benzene rings is 2. The molecule has 1 heterocycles. The molecule has 1 N–H and O–H groups in total. The summed E-state index contributed by atoms with van der Waals surface area (Å²) in [5, 5.41) is 4.22. The van der Waals surface area contributed by atoms with Gasteiger partial charge in [-0.15, -0.1) is 12.4 Å². The third kappa shape index (κ3) is 3.53. The van der Waals surface area contributed by atoms with Gasteiger partial charge in [0.05, 0.1) is 19.3 Å². The highest BCUT2D eigenvalue weighted by Crippen LogP contribution is 2.28. The fourth-order valence-corrected chi connectivity index (χ4v) is 2.63. The summed E-state index contributed by atoms with van der Waals surface area (Å²) >= 11 is 6.25. The van der Waals surface area contributed by atoms with Crippen molar-refractivity contribution < 1.29 is 4.74 Å². The van der Waals surface area contributed by atoms with Gasteiger partial charge in [-0.1, -0.05) is 41.9 Å². The zero-order valence-electron chi connectivity index (χ0n) is 11.0. The van der Waals surface area contributed by atoms with Crippen LogP contribution in [0, 0.1) is 0 Å². The van der Waals surface area contributed by atoms with Crippen LogP contribution in [0.3, 0.4) is 0 Å². The second kappa shape index (κ2) is 7.09. The van der Waals surface area contributed by atoms with Crippen LogP contribution in [-0.2, 0) is 4.74 Å². The molecular formula is C16H17Cl2NO. The number of morpholine rings is 1. The minimum absolute atomic E-state index is 0. The number of rotatable bonds is 2. The number of ether oxygens (including phenoxy) is 1. The molecule has 0 bridgehead atoms. The Hall–Kier alpha value is -1.06. The smallest absolute Gasteiger partial charge is 0.0662 e. The Bertz CT molecular complexity index is 554. The van der Waals surface area contributed by atoms with E-state index in [0.29, 0.717) is 6.61 Å². The molecule has 0 spiro atoms. The second-order valence-corrected chi connectivity index (χ2v) is 5.16. The first-order valence-electron chi connectivity index (χ1n) is 6.50. The Balaban J connectivity index is 0.00000147. The molecular weight excluding hydrogens is 293 g/mol. The molecule has 20 heavy (non-hydrogen) atoms. The first-order chi connectivity index (χ1) is 9.33. The van der Waals surface area contributed by atoms with Crippen LogP contribution in [-0.4, -0.2) is 19.8 Å². The fraction of sp³-hybridized carbons (Fsp3) is 0.250. The maximum atomic E-state index is 6.25. The lowest BCUT2D eigenvalue weighted by atomic mass is 9.99. The Morgan fingerprint density at radius 3 is 2.55 bits per heavy atom. The SMILES string of the molecule is Cl.Clc1cc(-c2ccccc2)cc(C2COCCN2)c1. The monoisotopic (exact) mass is 309 g/mol. The minimum Gasteiger partial charge on any atom is -0.378 e. The molecule has 1 fully saturated rings. The van der Waals surface area contributed by atoms with Crippen LogP contribution in [0.5, 0.6) is 0 Å². The highest BCUT2D eigenvalue weighted by atomic mass is 35.5. The zero-order chi connectivity index (χ0) is 13.1. The van der Waals surface area contributed by atoms with Crippen LogP contribution in [0.4, 0.5) is 0 Å². The van der Waals surface area contributed by atoms with Gasteiger partial charge in [0.15, 0.2) is 0 Å². The molecule has 3 rings (SSSR count). The van der Waals surface area contributed by atoms with Crippen LogP contribution in [0.25, 0.3) is 11.1 Å². The zero-order valence-corrected chi connectivity index (χ0v) is 12.6. The van der Waals surface area contributed by atoms with Crippen molar-refractivity contribution in [2.75, 3.05) is 19.8 Å². The van der Waals surface area contributed by atoms with Gasteiger partial charge in [0.2, 0.25) is 0 Å². The average molecular weight is 310 g/mol. The van der Waals surface area contributed by atoms with Gasteiger partial charge in [-0.05, 0) is 34.9 Å². The van der Waals surface area contributed by atoms with Crippen molar-refractivity contribution in [2.45, 2.75) is 6.04 Å². The topological polar surface area (TPSA) is 21.3 Å². The Morgan fingerprint density at radius 1 is 1.05 bits per heavy atom. The predicted octanol–water partition coefficient (Wildman–Crippen LogP) is 4.09. The number of hydrogen-bond acceptors (Lipinski definition) is 2. The summed E-state index contributed by atoms with van der Waals surface area (Å²) in [7, 11) is 0. The van der Waals surface area contributed by atoms with Crippen LogP contribution in [0.1, 0.15) is 11.6 Å². The van der Waals surface area contributed by atoms with Crippen molar-refractivity contribution in [3.8, 4) is 11.1 Å². The summed E-state index contributed by atoms with van der Waals surface area (Å²) in [6, 6.07) is 16.7. The van der Waals surface area contributed by atoms with Crippen molar-refractivity contribution in [1.82, 2.24) is 5.32 Å². The molecule has 1 unspecified atom stereocenters. The number of halogens is 2. The van der Waals surface area contributed by atoms with Gasteiger partial charge < -0.3 is 10.1 Å². The van der Waals surface area contributed by atoms with Crippen molar-refractivity contribution in [2.24, 2.45) is 0 Å². The summed E-state index contributed by atoms with van der Waals surface area (Å²) in [6.45, 7) is 2.37. The summed E-state index contributed by atoms with van der Waals surface area (Å²) in [5.74, 6) is 0. The fourth-order valence-electron chi connectivity index (χ4n) is 2.39. The molecule has 2 nitrogen and oxygen atoms in total. The van der Waals surface area contributed by atoms with E-state index >= 15 is 0 Å². The summed E-state index contributed by atoms with van der Waals surface area (Å²) in [6.07, 6.45) is 0. The van der Waals surface area contributed by atoms with Gasteiger partial charge in [0.1, 0.15) is 0 Å². The molecule has 1 aliphatic heterocycles. The summed E-state index contributed by atoms with van der Waals surface area (Å²) in [4.78, 5) is 0. The standard InChI is InChI=1S/C16H16ClNO.ClH/c17-15-9-13(12-4-2-1-3-5-12)8-14(10-15)16-11-19-7-6-18-16;/h1-5,8-10,16,18H,6-7,11H2;1H. The van der Waals surface area contributed by atoms with E-state index in [-0.39, 0.29) is 18.4 Å². The van der Waals surface area contributed by atoms with Gasteiger partial charge in [-0.3, -0.25) is 0 Å². The lowest BCUT2D eigenvalue weighted by Gasteiger charge is -2.24. The molecule has 4 heteroatoms. The summed E-state index contributed by atoms with van der Waals surface area (Å²) in [5.41, 5.74) is 3.52. The highest BCUT2D eigenvalue weighted by Gasteiger charge is 2.16. The molecule has 1 aliphatic rings. The molecule has 0 radical (unpaired) electrons. The van der Waals surface area contributed by atoms with E-state index in [0.717, 1.165) is 23.7 Å². The van der Waals surface area contributed by atoms with Crippen molar-refractivity contribution in [3.63, 3.8) is 0 Å². The first-order valence-corrected chi connectivity index (χ1v) is 6.88. The van der Waals surface area contributed by atoms with Gasteiger partial charge in [-0.25, -0.2) is 0 Å². The first kappa shape index (κ1) is 15.3. The third-order valence-corrected chi connectivity index (χ3v) is 3.57. The van der Waals surface area contributed by atoms with E-state index in [1.807, 2.05) is 30.3 Å². The van der Waals surface area contributed by atoms with Gasteiger partial charge in [-0.2, -0.15) is 0 Å². The molecule has 2 aromatic carbocycles. The largest absolute Gasteiger partial charge is 0.378 e. The van der Waals surface area contributed by atoms with Crippen LogP contribution in [0.15, 0.2) is 48.5 Å². The Kier molecular flexibility index (Phi) is 5.44. The van der Waals surface area contributed by atoms with Crippen LogP contribution < -0.4 is 5.32 Å². The van der Waals surface area contributed by atoms with Crippen LogP contribution in [0.2, 0.25) is 5.02 Å². The highest BCUT2D eigenvalue weighted by molar-refractivity contribution is 6.31. The Morgan fingerprint density at radius 2 is 1.85 bits per heavy atom. The molecule has 0 saturated carbocycles. The second-order valence-electron chi connectivity index (χ2n) is 4.72. The van der Waals surface area contributed by atoms with E-state index < -0.39 is 0 Å². The predicted molar refractivity (Wildman–Crippen MR) is 85.7 cm³/mol. The normalized spacial score (nSPS) is 18.4. The molecule has 0 aromatic heterocycles. The lowest BCUT2D eigenvalue weighted by molar-refractivity contribution is 0.0769. The van der Waals surface area contributed by atoms with Crippen molar-refractivity contribution in [1.29, 1.82) is 0 Å². The Labute approximate surface area is 130 Å². The molecule has 1 atom stereocenters. The molecule has 0 aliphatic carbocycles. The van der Waals surface area contributed by atoms with Gasteiger partial charge in [0, 0.05) is 11.6 Å². The molecule has 106 valence electrons. The van der Waals surface area contributed by atoms with E-state index in [9.17, 15) is 0 Å². The van der Waals surface area contributed by atoms with E-state index in [1.54, 1.807) is 0 Å². The lowest BCUT2D eigenvalue weighted by Crippen LogP contribution is -2.34. The van der Waals surface area contributed by atoms with Crippen LogP contribution >= 0.6 is 24.0 Å². The third-order valence-electron chi connectivity index (χ3n) is 3.35. The van der Waals surface area contributed by atoms with Gasteiger partial charge >= 0.3 is 0 Å². The maximum absolute atomic E-state index is 6.25. The van der Waals surface area contributed by atoms with E-state index in [2.05, 4.69) is 23.5 Å². The quantitative estimate of drug-likeness (QED) is 0.902. The summed E-state index contributed by atoms with van der Waals surface area (Å²) < 4.78 is 5.52. The molecule has 0 amide bonds. The minimum atomic E-state index is 0. The van der Waals surface area contributed by atoms with E-state index in [4.69, 9.17) is 16.3 Å². The maximum Gasteiger partial charge on any atom is 0.0662 e.